The van der Waals surface area contributed by atoms with Crippen LogP contribution in [0.4, 0.5) is 11.4 Å². The highest BCUT2D eigenvalue weighted by Gasteiger charge is 2.45. The van der Waals surface area contributed by atoms with Gasteiger partial charge in [0.05, 0.1) is 31.0 Å². The van der Waals surface area contributed by atoms with Crippen molar-refractivity contribution in [1.82, 2.24) is 4.57 Å². The monoisotopic (exact) mass is 572 g/mol. The zero-order valence-corrected chi connectivity index (χ0v) is 25.6. The molecule has 5 aromatic carbocycles. The predicted octanol–water partition coefficient (Wildman–Crippen LogP) is 10.1. The third kappa shape index (κ3) is 3.41. The molecule has 0 saturated heterocycles. The number of anilines is 2. The first-order chi connectivity index (χ1) is 21.0. The van der Waals surface area contributed by atoms with Gasteiger partial charge in [0.1, 0.15) is 5.58 Å². The molecule has 0 radical (unpaired) electrons. The number of hydrogen-bond donors (Lipinski definition) is 0. The average molecular weight is 573 g/mol. The molecule has 7 aromatic rings. The second-order valence-corrected chi connectivity index (χ2v) is 18.0. The second-order valence-electron chi connectivity index (χ2n) is 12.9. The van der Waals surface area contributed by atoms with Crippen molar-refractivity contribution in [3.05, 3.63) is 138 Å². The number of furan rings is 1. The van der Waals surface area contributed by atoms with Crippen LogP contribution < -0.4 is 10.1 Å². The van der Waals surface area contributed by atoms with Gasteiger partial charge in [0.2, 0.25) is 0 Å². The highest BCUT2D eigenvalue weighted by atomic mass is 28.3. The van der Waals surface area contributed by atoms with E-state index in [0.717, 1.165) is 16.9 Å². The largest absolute Gasteiger partial charge is 0.454 e. The Kier molecular flexibility index (Phi) is 5.10. The molecule has 0 spiro atoms. The van der Waals surface area contributed by atoms with Gasteiger partial charge in [-0.1, -0.05) is 117 Å². The Morgan fingerprint density at radius 3 is 2.14 bits per heavy atom. The van der Waals surface area contributed by atoms with Crippen molar-refractivity contribution in [2.45, 2.75) is 31.6 Å². The normalized spacial score (nSPS) is 17.5. The number of benzene rings is 5. The van der Waals surface area contributed by atoms with Crippen LogP contribution in [0.25, 0.3) is 44.6 Å². The van der Waals surface area contributed by atoms with E-state index in [1.165, 1.54) is 55.1 Å². The van der Waals surface area contributed by atoms with Crippen molar-refractivity contribution in [3.63, 3.8) is 0 Å². The molecule has 1 aliphatic heterocycles. The molecule has 2 aliphatic rings. The molecule has 0 saturated carbocycles. The Labute approximate surface area is 252 Å². The summed E-state index contributed by atoms with van der Waals surface area (Å²) >= 11 is 0. The van der Waals surface area contributed by atoms with E-state index >= 15 is 0 Å². The molecular formula is C39H32N2OSi. The van der Waals surface area contributed by atoms with Gasteiger partial charge in [-0.3, -0.25) is 0 Å². The molecule has 208 valence electrons. The molecule has 0 N–H and O–H groups in total. The molecule has 2 unspecified atom stereocenters. The minimum absolute atomic E-state index is 0.0697. The topological polar surface area (TPSA) is 21.3 Å². The lowest BCUT2D eigenvalue weighted by Gasteiger charge is -2.33. The van der Waals surface area contributed by atoms with E-state index in [-0.39, 0.29) is 12.0 Å². The third-order valence-electron chi connectivity index (χ3n) is 9.46. The van der Waals surface area contributed by atoms with Gasteiger partial charge in [0.25, 0.3) is 0 Å². The molecule has 0 amide bonds. The number of fused-ring (bicyclic) bond motifs is 10. The van der Waals surface area contributed by atoms with Crippen LogP contribution in [-0.2, 0) is 0 Å². The lowest BCUT2D eigenvalue weighted by Crippen LogP contribution is -2.37. The molecule has 0 fully saturated rings. The van der Waals surface area contributed by atoms with Gasteiger partial charge < -0.3 is 13.9 Å². The number of aromatic nitrogens is 1. The molecule has 2 aromatic heterocycles. The summed E-state index contributed by atoms with van der Waals surface area (Å²) in [6.07, 6.45) is 4.79. The zero-order chi connectivity index (χ0) is 28.9. The van der Waals surface area contributed by atoms with Crippen LogP contribution in [0.15, 0.2) is 126 Å². The van der Waals surface area contributed by atoms with Crippen LogP contribution in [0.3, 0.4) is 0 Å². The first kappa shape index (κ1) is 24.8. The molecule has 3 heterocycles. The number of hydrogen-bond acceptors (Lipinski definition) is 2. The fourth-order valence-electron chi connectivity index (χ4n) is 7.64. The standard InChI is InChI=1S/C39H32N2OSi/c1-43(2,3)35-22-12-18-31-30-17-11-21-34(38(30)42-39(31)35)41-33-20-10-8-16-27(33)29-24-23-28-26-15-7-9-19-32(26)40(36(28)37(29)41)25-13-5-4-6-14-25/h4-24,29,37H,1-3H3. The van der Waals surface area contributed by atoms with E-state index in [1.807, 2.05) is 0 Å². The molecule has 43 heavy (non-hydrogen) atoms. The smallest absolute Gasteiger partial charge is 0.159 e. The van der Waals surface area contributed by atoms with Gasteiger partial charge in [-0.05, 0) is 41.1 Å². The van der Waals surface area contributed by atoms with Crippen LogP contribution >= 0.6 is 0 Å². The Bertz CT molecular complexity index is 2250. The van der Waals surface area contributed by atoms with Crippen molar-refractivity contribution < 1.29 is 4.42 Å². The van der Waals surface area contributed by atoms with E-state index in [0.29, 0.717) is 0 Å². The van der Waals surface area contributed by atoms with Crippen LogP contribution in [0.1, 0.15) is 28.8 Å². The number of rotatable bonds is 3. The zero-order valence-electron chi connectivity index (χ0n) is 24.6. The average Bonchev–Trinajstić information content (AvgIpc) is 3.69. The summed E-state index contributed by atoms with van der Waals surface area (Å²) in [4.78, 5) is 2.57. The molecule has 0 bridgehead atoms. The maximum Gasteiger partial charge on any atom is 0.159 e. The van der Waals surface area contributed by atoms with E-state index < -0.39 is 8.07 Å². The Hall–Kier alpha value is -4.80. The van der Waals surface area contributed by atoms with Crippen molar-refractivity contribution in [1.29, 1.82) is 0 Å². The molecular weight excluding hydrogens is 541 g/mol. The van der Waals surface area contributed by atoms with Crippen LogP contribution in [0.2, 0.25) is 19.6 Å². The van der Waals surface area contributed by atoms with Gasteiger partial charge in [0, 0.05) is 39.0 Å². The van der Waals surface area contributed by atoms with Crippen molar-refractivity contribution in [2.75, 3.05) is 4.90 Å². The highest BCUT2D eigenvalue weighted by molar-refractivity contribution is 6.90. The molecule has 1 aliphatic carbocycles. The fraction of sp³-hybridized carbons (Fsp3) is 0.128. The number of para-hydroxylation sites is 5. The fourth-order valence-corrected chi connectivity index (χ4v) is 9.11. The minimum Gasteiger partial charge on any atom is -0.454 e. The maximum absolute atomic E-state index is 6.98. The maximum atomic E-state index is 6.98. The second kappa shape index (κ2) is 8.85. The summed E-state index contributed by atoms with van der Waals surface area (Å²) in [5, 5.41) is 5.06. The van der Waals surface area contributed by atoms with Gasteiger partial charge >= 0.3 is 0 Å². The number of nitrogens with zero attached hydrogens (tertiary/aromatic N) is 2. The molecule has 9 rings (SSSR count). The molecule has 4 heteroatoms. The summed E-state index contributed by atoms with van der Waals surface area (Å²) in [5.41, 5.74) is 10.8. The highest BCUT2D eigenvalue weighted by Crippen LogP contribution is 2.58. The third-order valence-corrected chi connectivity index (χ3v) is 11.5. The minimum atomic E-state index is -1.63. The molecule has 2 atom stereocenters. The van der Waals surface area contributed by atoms with Gasteiger partial charge in [0.15, 0.2) is 5.58 Å². The molecule has 3 nitrogen and oxygen atoms in total. The SMILES string of the molecule is C[Si](C)(C)c1cccc2c1oc1c(N3c4ccccc4C4C=Cc5c(n(-c6ccccc6)c6ccccc56)C43)cccc12. The Morgan fingerprint density at radius 1 is 0.628 bits per heavy atom. The van der Waals surface area contributed by atoms with Crippen LogP contribution in [0, 0.1) is 0 Å². The van der Waals surface area contributed by atoms with E-state index in [1.54, 1.807) is 0 Å². The summed E-state index contributed by atoms with van der Waals surface area (Å²) in [6, 6.07) is 42.1. The van der Waals surface area contributed by atoms with Crippen molar-refractivity contribution >= 4 is 63.6 Å². The van der Waals surface area contributed by atoms with Crippen molar-refractivity contribution in [3.8, 4) is 5.69 Å². The van der Waals surface area contributed by atoms with Crippen LogP contribution in [0.5, 0.6) is 0 Å². The predicted molar refractivity (Wildman–Crippen MR) is 183 cm³/mol. The lowest BCUT2D eigenvalue weighted by atomic mass is 9.86. The van der Waals surface area contributed by atoms with E-state index in [2.05, 4.69) is 157 Å². The lowest BCUT2D eigenvalue weighted by molar-refractivity contribution is 0.627. The quantitative estimate of drug-likeness (QED) is 0.197. The summed E-state index contributed by atoms with van der Waals surface area (Å²) in [6.45, 7) is 7.19. The first-order valence-electron chi connectivity index (χ1n) is 15.2. The van der Waals surface area contributed by atoms with Gasteiger partial charge in [-0.25, -0.2) is 0 Å². The summed E-state index contributed by atoms with van der Waals surface area (Å²) < 4.78 is 9.47. The Balaban J connectivity index is 1.37. The van der Waals surface area contributed by atoms with Gasteiger partial charge in [-0.2, -0.15) is 0 Å². The Morgan fingerprint density at radius 2 is 1.30 bits per heavy atom. The summed E-state index contributed by atoms with van der Waals surface area (Å²) in [5.74, 6) is 0.215. The van der Waals surface area contributed by atoms with Crippen LogP contribution in [-0.4, -0.2) is 12.6 Å². The first-order valence-corrected chi connectivity index (χ1v) is 18.7. The van der Waals surface area contributed by atoms with E-state index in [4.69, 9.17) is 4.42 Å². The van der Waals surface area contributed by atoms with E-state index in [9.17, 15) is 0 Å². The summed E-state index contributed by atoms with van der Waals surface area (Å²) in [7, 11) is -1.63. The van der Waals surface area contributed by atoms with Gasteiger partial charge in [-0.15, -0.1) is 0 Å². The van der Waals surface area contributed by atoms with Crippen molar-refractivity contribution in [2.24, 2.45) is 0 Å².